The number of anilines is 1. The largest absolute Gasteiger partial charge is 0.490 e. The van der Waals surface area contributed by atoms with Crippen molar-refractivity contribution in [2.75, 3.05) is 18.0 Å². The van der Waals surface area contributed by atoms with Gasteiger partial charge >= 0.3 is 0 Å². The minimum absolute atomic E-state index is 0.124. The van der Waals surface area contributed by atoms with Gasteiger partial charge in [0.1, 0.15) is 18.4 Å². The normalized spacial score (nSPS) is 15.2. The van der Waals surface area contributed by atoms with Crippen LogP contribution < -0.4 is 15.4 Å². The highest BCUT2D eigenvalue weighted by atomic mass is 35.5. The van der Waals surface area contributed by atoms with Gasteiger partial charge in [-0.3, -0.25) is 4.79 Å². The van der Waals surface area contributed by atoms with Crippen LogP contribution in [0.2, 0.25) is 5.02 Å². The summed E-state index contributed by atoms with van der Waals surface area (Å²) in [5, 5.41) is 1.52. The Kier molecular flexibility index (Phi) is 4.85. The molecule has 1 saturated heterocycles. The molecular weight excluding hydrogens is 366 g/mol. The molecule has 1 fully saturated rings. The number of primary amides is 1. The number of benzene rings is 1. The van der Waals surface area contributed by atoms with E-state index in [-0.39, 0.29) is 18.6 Å². The van der Waals surface area contributed by atoms with E-state index in [4.69, 9.17) is 22.1 Å². The van der Waals surface area contributed by atoms with Crippen LogP contribution in [-0.4, -0.2) is 39.6 Å². The zero-order chi connectivity index (χ0) is 18.8. The van der Waals surface area contributed by atoms with Gasteiger partial charge in [0, 0.05) is 37.5 Å². The van der Waals surface area contributed by atoms with Crippen LogP contribution in [0.1, 0.15) is 12.8 Å². The van der Waals surface area contributed by atoms with Gasteiger partial charge in [-0.2, -0.15) is 0 Å². The van der Waals surface area contributed by atoms with Crippen LogP contribution >= 0.6 is 11.6 Å². The molecule has 8 heteroatoms. The summed E-state index contributed by atoms with van der Waals surface area (Å²) in [5.41, 5.74) is 6.26. The number of nitrogens with zero attached hydrogens (tertiary/aromatic N) is 4. The van der Waals surface area contributed by atoms with Gasteiger partial charge in [0.2, 0.25) is 11.9 Å². The van der Waals surface area contributed by atoms with Crippen molar-refractivity contribution >= 4 is 34.4 Å². The van der Waals surface area contributed by atoms with Crippen molar-refractivity contribution in [3.8, 4) is 5.75 Å². The summed E-state index contributed by atoms with van der Waals surface area (Å²) in [6.07, 6.45) is 6.98. The molecule has 0 atom stereocenters. The number of piperidine rings is 1. The highest BCUT2D eigenvalue weighted by Crippen LogP contribution is 2.29. The maximum absolute atomic E-state index is 11.2. The number of amides is 1. The van der Waals surface area contributed by atoms with E-state index >= 15 is 0 Å². The topological polar surface area (TPSA) is 86.3 Å². The van der Waals surface area contributed by atoms with E-state index in [0.29, 0.717) is 11.0 Å². The third-order valence-electron chi connectivity index (χ3n) is 4.73. The lowest BCUT2D eigenvalue weighted by Crippen LogP contribution is -2.39. The summed E-state index contributed by atoms with van der Waals surface area (Å²) >= 11 is 5.85. The Morgan fingerprint density at radius 2 is 1.96 bits per heavy atom. The van der Waals surface area contributed by atoms with Crippen molar-refractivity contribution in [2.24, 2.45) is 5.73 Å². The van der Waals surface area contributed by atoms with Crippen LogP contribution in [0.25, 0.3) is 10.9 Å². The highest BCUT2D eigenvalue weighted by Gasteiger charge is 2.23. The molecule has 0 unspecified atom stereocenters. The van der Waals surface area contributed by atoms with E-state index in [1.165, 1.54) is 0 Å². The third-order valence-corrected chi connectivity index (χ3v) is 4.92. The van der Waals surface area contributed by atoms with E-state index in [1.807, 2.05) is 35.0 Å². The number of carbonyl (C=O) groups is 1. The molecule has 0 saturated carbocycles. The van der Waals surface area contributed by atoms with Crippen molar-refractivity contribution in [3.63, 3.8) is 0 Å². The van der Waals surface area contributed by atoms with Crippen molar-refractivity contribution in [1.82, 2.24) is 14.5 Å². The lowest BCUT2D eigenvalue weighted by atomic mass is 10.1. The maximum atomic E-state index is 11.2. The number of fused-ring (bicyclic) bond motifs is 1. The van der Waals surface area contributed by atoms with Gasteiger partial charge in [0.15, 0.2) is 0 Å². The molecule has 0 bridgehead atoms. The maximum Gasteiger partial charge on any atom is 0.237 e. The lowest BCUT2D eigenvalue weighted by Gasteiger charge is -2.32. The minimum atomic E-state index is -0.365. The number of carbonyl (C=O) groups excluding carboxylic acids is 1. The Morgan fingerprint density at radius 1 is 1.22 bits per heavy atom. The average Bonchev–Trinajstić information content (AvgIpc) is 3.06. The number of rotatable bonds is 5. The predicted octanol–water partition coefficient (Wildman–Crippen LogP) is 2.62. The third kappa shape index (κ3) is 3.83. The van der Waals surface area contributed by atoms with E-state index in [0.717, 1.165) is 42.6 Å². The molecule has 3 aromatic rings. The first kappa shape index (κ1) is 17.6. The summed E-state index contributed by atoms with van der Waals surface area (Å²) in [5.74, 6) is 1.16. The van der Waals surface area contributed by atoms with Crippen LogP contribution in [0, 0.1) is 0 Å². The smallest absolute Gasteiger partial charge is 0.237 e. The SMILES string of the molecule is NC(=O)Cn1ccc2c(OC3CCN(c4ncc(Cl)cn4)CC3)cccc21. The first-order chi connectivity index (χ1) is 13.1. The number of halogens is 1. The molecule has 3 heterocycles. The molecule has 27 heavy (non-hydrogen) atoms. The average molecular weight is 386 g/mol. The molecule has 0 radical (unpaired) electrons. The number of nitrogens with two attached hydrogens (primary N) is 1. The lowest BCUT2D eigenvalue weighted by molar-refractivity contribution is -0.118. The second-order valence-corrected chi connectivity index (χ2v) is 7.04. The molecule has 1 aliphatic heterocycles. The van der Waals surface area contributed by atoms with Gasteiger partial charge in [0.25, 0.3) is 0 Å². The van der Waals surface area contributed by atoms with Gasteiger partial charge in [-0.1, -0.05) is 17.7 Å². The fourth-order valence-corrected chi connectivity index (χ4v) is 3.52. The van der Waals surface area contributed by atoms with Crippen molar-refractivity contribution in [3.05, 3.63) is 47.9 Å². The fraction of sp³-hybridized carbons (Fsp3) is 0.316. The van der Waals surface area contributed by atoms with Gasteiger partial charge in [-0.25, -0.2) is 9.97 Å². The van der Waals surface area contributed by atoms with E-state index in [2.05, 4.69) is 14.9 Å². The number of hydrogen-bond donors (Lipinski definition) is 1. The minimum Gasteiger partial charge on any atom is -0.490 e. The summed E-state index contributed by atoms with van der Waals surface area (Å²) in [4.78, 5) is 21.9. The summed E-state index contributed by atoms with van der Waals surface area (Å²) in [6.45, 7) is 1.81. The standard InChI is InChI=1S/C19H20ClN5O2/c20-13-10-22-19(23-11-13)24-7-4-14(5-8-24)27-17-3-1-2-16-15(17)6-9-25(16)12-18(21)26/h1-3,6,9-11,14H,4-5,7-8,12H2,(H2,21,26). The van der Waals surface area contributed by atoms with Crippen LogP contribution in [0.5, 0.6) is 5.75 Å². The monoisotopic (exact) mass is 385 g/mol. The van der Waals surface area contributed by atoms with Crippen LogP contribution in [-0.2, 0) is 11.3 Å². The Hall–Kier alpha value is -2.80. The zero-order valence-electron chi connectivity index (χ0n) is 14.7. The molecule has 7 nitrogen and oxygen atoms in total. The molecule has 1 aliphatic rings. The second-order valence-electron chi connectivity index (χ2n) is 6.60. The highest BCUT2D eigenvalue weighted by molar-refractivity contribution is 6.30. The van der Waals surface area contributed by atoms with E-state index in [1.54, 1.807) is 12.4 Å². The molecule has 140 valence electrons. The summed E-state index contributed by atoms with van der Waals surface area (Å²) in [6, 6.07) is 7.83. The molecule has 1 aromatic carbocycles. The summed E-state index contributed by atoms with van der Waals surface area (Å²) in [7, 11) is 0. The van der Waals surface area contributed by atoms with Crippen molar-refractivity contribution < 1.29 is 9.53 Å². The Balaban J connectivity index is 1.44. The van der Waals surface area contributed by atoms with Crippen molar-refractivity contribution in [1.29, 1.82) is 0 Å². The van der Waals surface area contributed by atoms with Gasteiger partial charge in [0.05, 0.1) is 22.9 Å². The first-order valence-electron chi connectivity index (χ1n) is 8.85. The number of hydrogen-bond acceptors (Lipinski definition) is 5. The molecule has 2 N–H and O–H groups in total. The molecule has 0 aliphatic carbocycles. The van der Waals surface area contributed by atoms with Gasteiger partial charge in [-0.15, -0.1) is 0 Å². The quantitative estimate of drug-likeness (QED) is 0.729. The Labute approximate surface area is 161 Å². The van der Waals surface area contributed by atoms with Gasteiger partial charge in [-0.05, 0) is 18.2 Å². The molecule has 2 aromatic heterocycles. The van der Waals surface area contributed by atoms with Crippen molar-refractivity contribution in [2.45, 2.75) is 25.5 Å². The Bertz CT molecular complexity index is 948. The summed E-state index contributed by atoms with van der Waals surface area (Å²) < 4.78 is 8.11. The molecule has 0 spiro atoms. The van der Waals surface area contributed by atoms with E-state index in [9.17, 15) is 4.79 Å². The molecular formula is C19H20ClN5O2. The molecule has 4 rings (SSSR count). The first-order valence-corrected chi connectivity index (χ1v) is 9.23. The fourth-order valence-electron chi connectivity index (χ4n) is 3.43. The molecule has 1 amide bonds. The van der Waals surface area contributed by atoms with Crippen LogP contribution in [0.4, 0.5) is 5.95 Å². The number of aromatic nitrogens is 3. The van der Waals surface area contributed by atoms with Crippen LogP contribution in [0.15, 0.2) is 42.9 Å². The predicted molar refractivity (Wildman–Crippen MR) is 104 cm³/mol. The van der Waals surface area contributed by atoms with Gasteiger partial charge < -0.3 is 19.9 Å². The van der Waals surface area contributed by atoms with Crippen LogP contribution in [0.3, 0.4) is 0 Å². The second kappa shape index (κ2) is 7.44. The van der Waals surface area contributed by atoms with E-state index < -0.39 is 0 Å². The Morgan fingerprint density at radius 3 is 2.67 bits per heavy atom. The number of ether oxygens (including phenoxy) is 1. The zero-order valence-corrected chi connectivity index (χ0v) is 15.5.